The Bertz CT molecular complexity index is 935. The van der Waals surface area contributed by atoms with Crippen molar-refractivity contribution in [3.63, 3.8) is 0 Å². The van der Waals surface area contributed by atoms with Crippen molar-refractivity contribution in [1.29, 1.82) is 0 Å². The Labute approximate surface area is 174 Å². The van der Waals surface area contributed by atoms with Crippen LogP contribution in [0.1, 0.15) is 67.7 Å². The molecule has 0 bridgehead atoms. The fourth-order valence-corrected chi connectivity index (χ4v) is 4.72. The summed E-state index contributed by atoms with van der Waals surface area (Å²) in [6.07, 6.45) is 8.56. The maximum Gasteiger partial charge on any atom is 0.159 e. The molecule has 0 spiro atoms. The molecular formula is C25H26F4O. The van der Waals surface area contributed by atoms with E-state index in [-0.39, 0.29) is 24.7 Å². The lowest BCUT2D eigenvalue weighted by molar-refractivity contribution is 0.00612. The van der Waals surface area contributed by atoms with Crippen molar-refractivity contribution in [2.24, 2.45) is 5.92 Å². The van der Waals surface area contributed by atoms with Crippen LogP contribution in [-0.2, 0) is 17.8 Å². The Morgan fingerprint density at radius 1 is 0.867 bits per heavy atom. The normalized spacial score (nSPS) is 20.9. The molecule has 0 N–H and O–H groups in total. The minimum atomic E-state index is -0.969. The molecule has 1 fully saturated rings. The summed E-state index contributed by atoms with van der Waals surface area (Å²) in [5.74, 6) is -2.51. The van der Waals surface area contributed by atoms with E-state index in [1.54, 1.807) is 0 Å². The van der Waals surface area contributed by atoms with E-state index < -0.39 is 23.3 Å². The first-order valence-electron chi connectivity index (χ1n) is 10.7. The SMILES string of the molecule is CCCC1CCC(OCc2cc(F)c(C3=Cc4cc(F)c(F)cc4C3)c(F)c2)CC1. The molecule has 2 aliphatic carbocycles. The predicted octanol–water partition coefficient (Wildman–Crippen LogP) is 7.22. The van der Waals surface area contributed by atoms with Gasteiger partial charge in [-0.1, -0.05) is 25.8 Å². The van der Waals surface area contributed by atoms with E-state index in [1.165, 1.54) is 31.1 Å². The fraction of sp³-hybridized carbons (Fsp3) is 0.440. The number of fused-ring (bicyclic) bond motifs is 1. The molecule has 2 aromatic rings. The second kappa shape index (κ2) is 8.93. The number of allylic oxidation sites excluding steroid dienone is 1. The summed E-state index contributed by atoms with van der Waals surface area (Å²) >= 11 is 0. The fourth-order valence-electron chi connectivity index (χ4n) is 4.72. The van der Waals surface area contributed by atoms with Crippen LogP contribution < -0.4 is 0 Å². The van der Waals surface area contributed by atoms with Gasteiger partial charge in [0.2, 0.25) is 0 Å². The van der Waals surface area contributed by atoms with Crippen LogP contribution in [0.3, 0.4) is 0 Å². The third-order valence-electron chi connectivity index (χ3n) is 6.29. The summed E-state index contributed by atoms with van der Waals surface area (Å²) in [5, 5.41) is 0. The third kappa shape index (κ3) is 4.46. The van der Waals surface area contributed by atoms with E-state index >= 15 is 0 Å². The predicted molar refractivity (Wildman–Crippen MR) is 110 cm³/mol. The van der Waals surface area contributed by atoms with Crippen molar-refractivity contribution in [3.05, 3.63) is 69.8 Å². The van der Waals surface area contributed by atoms with Crippen molar-refractivity contribution < 1.29 is 22.3 Å². The zero-order valence-electron chi connectivity index (χ0n) is 17.1. The minimum absolute atomic E-state index is 0.140. The maximum absolute atomic E-state index is 14.8. The van der Waals surface area contributed by atoms with Crippen LogP contribution in [0.5, 0.6) is 0 Å². The lowest BCUT2D eigenvalue weighted by Gasteiger charge is -2.28. The van der Waals surface area contributed by atoms with E-state index in [4.69, 9.17) is 4.74 Å². The molecule has 2 aliphatic rings. The Morgan fingerprint density at radius 2 is 1.53 bits per heavy atom. The van der Waals surface area contributed by atoms with Gasteiger partial charge < -0.3 is 4.74 Å². The standard InChI is InChI=1S/C25H26F4O/c1-2-3-15-4-6-20(7-5-15)30-14-16-8-23(28)25(24(29)9-16)19-10-17-12-21(26)22(27)13-18(17)11-19/h8-10,12-13,15,20H,2-7,11,14H2,1H3. The van der Waals surface area contributed by atoms with Crippen LogP contribution in [0.15, 0.2) is 24.3 Å². The zero-order valence-corrected chi connectivity index (χ0v) is 17.1. The summed E-state index contributed by atoms with van der Waals surface area (Å²) in [5.41, 5.74) is 1.67. The molecule has 4 rings (SSSR count). The summed E-state index contributed by atoms with van der Waals surface area (Å²) < 4.78 is 62.3. The molecule has 0 radical (unpaired) electrons. The highest BCUT2D eigenvalue weighted by atomic mass is 19.2. The first-order valence-corrected chi connectivity index (χ1v) is 10.7. The van der Waals surface area contributed by atoms with Crippen molar-refractivity contribution in [1.82, 2.24) is 0 Å². The first kappa shape index (κ1) is 21.1. The average Bonchev–Trinajstić information content (AvgIpc) is 3.09. The van der Waals surface area contributed by atoms with Gasteiger partial charge in [-0.15, -0.1) is 0 Å². The largest absolute Gasteiger partial charge is 0.374 e. The summed E-state index contributed by atoms with van der Waals surface area (Å²) in [4.78, 5) is 0. The molecule has 1 nitrogen and oxygen atoms in total. The quantitative estimate of drug-likeness (QED) is 0.450. The smallest absolute Gasteiger partial charge is 0.159 e. The molecule has 160 valence electrons. The summed E-state index contributed by atoms with van der Waals surface area (Å²) in [6.45, 7) is 2.37. The molecular weight excluding hydrogens is 392 g/mol. The summed E-state index contributed by atoms with van der Waals surface area (Å²) in [6, 6.07) is 4.74. The molecule has 0 atom stereocenters. The number of hydrogen-bond acceptors (Lipinski definition) is 1. The van der Waals surface area contributed by atoms with Crippen LogP contribution in [-0.4, -0.2) is 6.10 Å². The van der Waals surface area contributed by atoms with Gasteiger partial charge in [0.1, 0.15) is 11.6 Å². The Balaban J connectivity index is 1.43. The highest BCUT2D eigenvalue weighted by molar-refractivity contribution is 5.89. The highest BCUT2D eigenvalue weighted by Crippen LogP contribution is 2.36. The average molecular weight is 418 g/mol. The minimum Gasteiger partial charge on any atom is -0.374 e. The van der Waals surface area contributed by atoms with Crippen molar-refractivity contribution in [3.8, 4) is 0 Å². The Hall–Kier alpha value is -2.14. The van der Waals surface area contributed by atoms with Crippen LogP contribution in [0, 0.1) is 29.2 Å². The van der Waals surface area contributed by atoms with Gasteiger partial charge in [0, 0.05) is 5.56 Å². The van der Waals surface area contributed by atoms with Crippen molar-refractivity contribution in [2.75, 3.05) is 0 Å². The lowest BCUT2D eigenvalue weighted by atomic mass is 9.85. The van der Waals surface area contributed by atoms with Crippen LogP contribution in [0.25, 0.3) is 11.6 Å². The Kier molecular flexibility index (Phi) is 6.28. The van der Waals surface area contributed by atoms with Gasteiger partial charge >= 0.3 is 0 Å². The van der Waals surface area contributed by atoms with Gasteiger partial charge in [-0.05, 0) is 84.6 Å². The van der Waals surface area contributed by atoms with E-state index in [2.05, 4.69) is 6.92 Å². The number of benzene rings is 2. The van der Waals surface area contributed by atoms with E-state index in [9.17, 15) is 17.6 Å². The van der Waals surface area contributed by atoms with Crippen molar-refractivity contribution >= 4 is 11.6 Å². The lowest BCUT2D eigenvalue weighted by Crippen LogP contribution is -2.21. The molecule has 0 heterocycles. The molecule has 0 aliphatic heterocycles. The van der Waals surface area contributed by atoms with Crippen molar-refractivity contribution in [2.45, 2.75) is 64.6 Å². The molecule has 0 saturated heterocycles. The molecule has 1 saturated carbocycles. The van der Waals surface area contributed by atoms with Crippen LogP contribution in [0.4, 0.5) is 17.6 Å². The number of rotatable bonds is 6. The van der Waals surface area contributed by atoms with E-state index in [0.29, 0.717) is 22.3 Å². The highest BCUT2D eigenvalue weighted by Gasteiger charge is 2.24. The van der Waals surface area contributed by atoms with Gasteiger partial charge in [-0.3, -0.25) is 0 Å². The third-order valence-corrected chi connectivity index (χ3v) is 6.29. The second-order valence-corrected chi connectivity index (χ2v) is 8.49. The molecule has 0 amide bonds. The summed E-state index contributed by atoms with van der Waals surface area (Å²) in [7, 11) is 0. The van der Waals surface area contributed by atoms with Gasteiger partial charge in [0.15, 0.2) is 11.6 Å². The van der Waals surface area contributed by atoms with Gasteiger partial charge in [0.25, 0.3) is 0 Å². The van der Waals surface area contributed by atoms with Crippen LogP contribution in [0.2, 0.25) is 0 Å². The topological polar surface area (TPSA) is 9.23 Å². The zero-order chi connectivity index (χ0) is 21.3. The molecule has 0 unspecified atom stereocenters. The van der Waals surface area contributed by atoms with Gasteiger partial charge in [-0.25, -0.2) is 17.6 Å². The van der Waals surface area contributed by atoms with Gasteiger partial charge in [0.05, 0.1) is 12.7 Å². The van der Waals surface area contributed by atoms with Gasteiger partial charge in [-0.2, -0.15) is 0 Å². The second-order valence-electron chi connectivity index (χ2n) is 8.49. The van der Waals surface area contributed by atoms with Crippen LogP contribution >= 0.6 is 0 Å². The monoisotopic (exact) mass is 418 g/mol. The van der Waals surface area contributed by atoms with E-state index in [0.717, 1.165) is 43.7 Å². The van der Waals surface area contributed by atoms with E-state index in [1.807, 2.05) is 0 Å². The molecule has 5 heteroatoms. The molecule has 2 aromatic carbocycles. The Morgan fingerprint density at radius 3 is 2.20 bits per heavy atom. The first-order chi connectivity index (χ1) is 14.4. The number of hydrogen-bond donors (Lipinski definition) is 0. The number of ether oxygens (including phenoxy) is 1. The number of halogens is 4. The molecule has 30 heavy (non-hydrogen) atoms. The maximum atomic E-state index is 14.8. The molecule has 0 aromatic heterocycles.